The Labute approximate surface area is 174 Å². The average molecular weight is 421 g/mol. The molecule has 0 spiro atoms. The maximum atomic E-state index is 12.8. The largest absolute Gasteiger partial charge is 0.482 e. The molecule has 0 bridgehead atoms. The van der Waals surface area contributed by atoms with Crippen molar-refractivity contribution < 1.29 is 14.3 Å². The number of para-hydroxylation sites is 1. The summed E-state index contributed by atoms with van der Waals surface area (Å²) in [6.07, 6.45) is 5.99. The number of ether oxygens (including phenoxy) is 1. The predicted octanol–water partition coefficient (Wildman–Crippen LogP) is 4.83. The Kier molecular flexibility index (Phi) is 7.34. The molecule has 2 aromatic rings. The highest BCUT2D eigenvalue weighted by atomic mass is 35.5. The zero-order valence-electron chi connectivity index (χ0n) is 16.0. The minimum absolute atomic E-state index is 0.102. The molecule has 28 heavy (non-hydrogen) atoms. The monoisotopic (exact) mass is 420 g/mol. The highest BCUT2D eigenvalue weighted by Gasteiger charge is 2.26. The van der Waals surface area contributed by atoms with Crippen molar-refractivity contribution in [3.63, 3.8) is 0 Å². The number of anilines is 1. The van der Waals surface area contributed by atoms with Gasteiger partial charge in [0, 0.05) is 11.4 Å². The van der Waals surface area contributed by atoms with Gasteiger partial charge in [0.2, 0.25) is 0 Å². The van der Waals surface area contributed by atoms with E-state index >= 15 is 0 Å². The van der Waals surface area contributed by atoms with Crippen LogP contribution in [0.5, 0.6) is 5.75 Å². The molecule has 0 fully saturated rings. The number of benzene rings is 1. The van der Waals surface area contributed by atoms with E-state index in [1.165, 1.54) is 16.2 Å². The van der Waals surface area contributed by atoms with E-state index in [2.05, 4.69) is 17.6 Å². The summed E-state index contributed by atoms with van der Waals surface area (Å²) in [5, 5.41) is 6.94. The van der Waals surface area contributed by atoms with Crippen LogP contribution in [-0.4, -0.2) is 25.0 Å². The van der Waals surface area contributed by atoms with Crippen LogP contribution in [-0.2, 0) is 17.6 Å². The van der Waals surface area contributed by atoms with Crippen LogP contribution in [0, 0.1) is 0 Å². The van der Waals surface area contributed by atoms with Gasteiger partial charge in [0.1, 0.15) is 10.8 Å². The Bertz CT molecular complexity index is 850. The van der Waals surface area contributed by atoms with Gasteiger partial charge in [-0.1, -0.05) is 37.1 Å². The second-order valence-corrected chi connectivity index (χ2v) is 8.30. The van der Waals surface area contributed by atoms with Gasteiger partial charge in [0.15, 0.2) is 6.61 Å². The van der Waals surface area contributed by atoms with Crippen LogP contribution in [0.1, 0.15) is 53.4 Å². The molecule has 5 nitrogen and oxygen atoms in total. The molecule has 7 heteroatoms. The highest BCUT2D eigenvalue weighted by molar-refractivity contribution is 7.17. The molecule has 2 N–H and O–H groups in total. The number of amides is 2. The van der Waals surface area contributed by atoms with Crippen LogP contribution in [0.25, 0.3) is 0 Å². The summed E-state index contributed by atoms with van der Waals surface area (Å²) in [6.45, 7) is 2.56. The third-order valence-corrected chi connectivity index (χ3v) is 6.18. The van der Waals surface area contributed by atoms with E-state index in [4.69, 9.17) is 16.3 Å². The summed E-state index contributed by atoms with van der Waals surface area (Å²) in [6, 6.07) is 7.02. The number of rotatable bonds is 8. The lowest BCUT2D eigenvalue weighted by molar-refractivity contribution is -0.118. The van der Waals surface area contributed by atoms with Crippen LogP contribution in [0.4, 0.5) is 5.00 Å². The van der Waals surface area contributed by atoms with Gasteiger partial charge in [-0.05, 0) is 49.8 Å². The van der Waals surface area contributed by atoms with Crippen molar-refractivity contribution in [1.29, 1.82) is 0 Å². The van der Waals surface area contributed by atoms with Gasteiger partial charge in [0.05, 0.1) is 10.6 Å². The fraction of sp³-hybridized carbons (Fsp3) is 0.429. The van der Waals surface area contributed by atoms with E-state index in [0.29, 0.717) is 27.9 Å². The fourth-order valence-corrected chi connectivity index (χ4v) is 4.72. The number of nitrogens with one attached hydrogen (secondary N) is 2. The Morgan fingerprint density at radius 2 is 2.00 bits per heavy atom. The Morgan fingerprint density at radius 3 is 2.79 bits per heavy atom. The first-order chi connectivity index (χ1) is 13.6. The smallest absolute Gasteiger partial charge is 0.262 e. The number of unbranched alkanes of at least 4 members (excludes halogenated alkanes) is 1. The number of hydrogen-bond acceptors (Lipinski definition) is 4. The van der Waals surface area contributed by atoms with Crippen molar-refractivity contribution in [2.24, 2.45) is 0 Å². The highest BCUT2D eigenvalue weighted by Crippen LogP contribution is 2.38. The van der Waals surface area contributed by atoms with Crippen molar-refractivity contribution in [2.75, 3.05) is 18.5 Å². The molecule has 3 rings (SSSR count). The molecule has 1 heterocycles. The lowest BCUT2D eigenvalue weighted by atomic mass is 9.95. The minimum Gasteiger partial charge on any atom is -0.482 e. The molecule has 0 unspecified atom stereocenters. The summed E-state index contributed by atoms with van der Waals surface area (Å²) < 4.78 is 5.51. The number of hydrogen-bond donors (Lipinski definition) is 2. The number of carbonyl (C=O) groups excluding carboxylic acids is 2. The lowest BCUT2D eigenvalue weighted by Crippen LogP contribution is -2.27. The summed E-state index contributed by atoms with van der Waals surface area (Å²) in [7, 11) is 0. The first kappa shape index (κ1) is 20.7. The summed E-state index contributed by atoms with van der Waals surface area (Å²) in [5.74, 6) is 0.0543. The van der Waals surface area contributed by atoms with Crippen LogP contribution >= 0.6 is 22.9 Å². The molecule has 0 saturated heterocycles. The fourth-order valence-electron chi connectivity index (χ4n) is 3.23. The maximum absolute atomic E-state index is 12.8. The summed E-state index contributed by atoms with van der Waals surface area (Å²) in [5.41, 5.74) is 1.72. The van der Waals surface area contributed by atoms with E-state index in [-0.39, 0.29) is 18.4 Å². The van der Waals surface area contributed by atoms with Gasteiger partial charge in [0.25, 0.3) is 11.8 Å². The van der Waals surface area contributed by atoms with Crippen LogP contribution in [0.2, 0.25) is 5.02 Å². The molecule has 0 radical (unpaired) electrons. The van der Waals surface area contributed by atoms with E-state index in [9.17, 15) is 9.59 Å². The second-order valence-electron chi connectivity index (χ2n) is 6.79. The molecule has 1 aromatic carbocycles. The van der Waals surface area contributed by atoms with Crippen molar-refractivity contribution >= 4 is 39.8 Å². The maximum Gasteiger partial charge on any atom is 0.262 e. The number of halogens is 1. The van der Waals surface area contributed by atoms with Crippen molar-refractivity contribution in [3.05, 3.63) is 45.3 Å². The van der Waals surface area contributed by atoms with E-state index in [1.807, 2.05) is 0 Å². The third kappa shape index (κ3) is 5.06. The van der Waals surface area contributed by atoms with Crippen molar-refractivity contribution in [3.8, 4) is 5.75 Å². The number of thiophene rings is 1. The number of fused-ring (bicyclic) bond motifs is 1. The molecule has 1 aliphatic carbocycles. The summed E-state index contributed by atoms with van der Waals surface area (Å²) >= 11 is 7.56. The van der Waals surface area contributed by atoms with Crippen LogP contribution in [0.3, 0.4) is 0 Å². The number of carbonyl (C=O) groups is 2. The zero-order valence-corrected chi connectivity index (χ0v) is 17.5. The van der Waals surface area contributed by atoms with E-state index in [1.54, 1.807) is 24.3 Å². The molecule has 2 amide bonds. The second kappa shape index (κ2) is 9.94. The molecule has 150 valence electrons. The van der Waals surface area contributed by atoms with Crippen LogP contribution in [0.15, 0.2) is 24.3 Å². The third-order valence-electron chi connectivity index (χ3n) is 4.66. The van der Waals surface area contributed by atoms with Gasteiger partial charge in [-0.25, -0.2) is 0 Å². The normalized spacial score (nSPS) is 12.9. The van der Waals surface area contributed by atoms with Crippen molar-refractivity contribution in [1.82, 2.24) is 5.32 Å². The van der Waals surface area contributed by atoms with Gasteiger partial charge >= 0.3 is 0 Å². The van der Waals surface area contributed by atoms with Gasteiger partial charge in [-0.15, -0.1) is 11.3 Å². The van der Waals surface area contributed by atoms with E-state index in [0.717, 1.165) is 44.1 Å². The minimum atomic E-state index is -0.305. The Morgan fingerprint density at radius 1 is 1.21 bits per heavy atom. The predicted molar refractivity (Wildman–Crippen MR) is 114 cm³/mol. The lowest BCUT2D eigenvalue weighted by Gasteiger charge is -2.13. The van der Waals surface area contributed by atoms with Crippen molar-refractivity contribution in [2.45, 2.75) is 45.4 Å². The molecule has 1 aromatic heterocycles. The molecule has 0 atom stereocenters. The SMILES string of the molecule is CCCCNC(=O)c1c(NC(=O)COc2ccccc2Cl)sc2c1CCCC2. The number of aryl methyl sites for hydroxylation is 1. The molecular weight excluding hydrogens is 396 g/mol. The molecular formula is C21H25ClN2O3S. The molecule has 0 saturated carbocycles. The Balaban J connectivity index is 1.71. The average Bonchev–Trinajstić information content (AvgIpc) is 3.05. The van der Waals surface area contributed by atoms with E-state index < -0.39 is 0 Å². The summed E-state index contributed by atoms with van der Waals surface area (Å²) in [4.78, 5) is 26.4. The zero-order chi connectivity index (χ0) is 19.9. The Hall–Kier alpha value is -2.05. The van der Waals surface area contributed by atoms with Gasteiger partial charge < -0.3 is 15.4 Å². The first-order valence-corrected chi connectivity index (χ1v) is 10.9. The van der Waals surface area contributed by atoms with Crippen LogP contribution < -0.4 is 15.4 Å². The quantitative estimate of drug-likeness (QED) is 0.601. The standard InChI is InChI=1S/C21H25ClN2O3S/c1-2-3-12-23-20(26)19-14-8-4-7-11-17(14)28-21(19)24-18(25)13-27-16-10-6-5-9-15(16)22/h5-6,9-10H,2-4,7-8,11-13H2,1H3,(H,23,26)(H,24,25). The molecule has 1 aliphatic rings. The van der Waals surface area contributed by atoms with Gasteiger partial charge in [-0.2, -0.15) is 0 Å². The van der Waals surface area contributed by atoms with Gasteiger partial charge in [-0.3, -0.25) is 9.59 Å². The topological polar surface area (TPSA) is 67.4 Å². The molecule has 0 aliphatic heterocycles. The first-order valence-electron chi connectivity index (χ1n) is 9.70.